The van der Waals surface area contributed by atoms with Gasteiger partial charge in [-0.1, -0.05) is 6.42 Å². The summed E-state index contributed by atoms with van der Waals surface area (Å²) in [5, 5.41) is 3.51. The molecule has 0 amide bonds. The smallest absolute Gasteiger partial charge is 0.103 e. The lowest BCUT2D eigenvalue weighted by atomic mass is 10.1. The van der Waals surface area contributed by atoms with E-state index < -0.39 is 0 Å². The van der Waals surface area contributed by atoms with Gasteiger partial charge in [-0.2, -0.15) is 0 Å². The van der Waals surface area contributed by atoms with Crippen LogP contribution in [0.3, 0.4) is 0 Å². The molecule has 2 heterocycles. The summed E-state index contributed by atoms with van der Waals surface area (Å²) in [6, 6.07) is 4.01. The summed E-state index contributed by atoms with van der Waals surface area (Å²) < 4.78 is 5.30. The number of furan rings is 1. The highest BCUT2D eigenvalue weighted by Gasteiger charge is 2.08. The Labute approximate surface area is 104 Å². The van der Waals surface area contributed by atoms with E-state index in [1.165, 1.54) is 38.9 Å². The summed E-state index contributed by atoms with van der Waals surface area (Å²) in [7, 11) is 0. The molecular weight excluding hydrogens is 212 g/mol. The number of hydrogen-bond acceptors (Lipinski definition) is 3. The average Bonchev–Trinajstić information content (AvgIpc) is 2.88. The lowest BCUT2D eigenvalue weighted by molar-refractivity contribution is 0.229. The first-order chi connectivity index (χ1) is 8.45. The van der Waals surface area contributed by atoms with Gasteiger partial charge in [0, 0.05) is 19.5 Å². The van der Waals surface area contributed by atoms with Crippen molar-refractivity contribution in [1.29, 1.82) is 0 Å². The maximum atomic E-state index is 5.30. The third kappa shape index (κ3) is 4.92. The molecular formula is C14H24N2O. The molecule has 0 saturated carbocycles. The van der Waals surface area contributed by atoms with Gasteiger partial charge in [0.15, 0.2) is 0 Å². The largest absolute Gasteiger partial charge is 0.469 e. The molecule has 0 aromatic carbocycles. The van der Waals surface area contributed by atoms with Gasteiger partial charge in [0.2, 0.25) is 0 Å². The van der Waals surface area contributed by atoms with Gasteiger partial charge in [-0.25, -0.2) is 0 Å². The number of likely N-dealkylation sites (tertiary alicyclic amines) is 1. The zero-order valence-corrected chi connectivity index (χ0v) is 10.7. The molecule has 0 spiro atoms. The molecule has 2 rings (SSSR count). The topological polar surface area (TPSA) is 28.4 Å². The third-order valence-corrected chi connectivity index (χ3v) is 3.41. The molecule has 0 bridgehead atoms. The van der Waals surface area contributed by atoms with E-state index in [1.54, 1.807) is 6.26 Å². The molecule has 1 saturated heterocycles. The second-order valence-corrected chi connectivity index (χ2v) is 4.84. The minimum atomic E-state index is 1.05. The normalized spacial score (nSPS) is 17.4. The van der Waals surface area contributed by atoms with Crippen molar-refractivity contribution in [3.8, 4) is 0 Å². The highest BCUT2D eigenvalue weighted by atomic mass is 16.3. The first-order valence-corrected chi connectivity index (χ1v) is 6.90. The molecule has 3 nitrogen and oxygen atoms in total. The number of nitrogens with zero attached hydrogens (tertiary/aromatic N) is 1. The van der Waals surface area contributed by atoms with Crippen LogP contribution in [0, 0.1) is 0 Å². The van der Waals surface area contributed by atoms with E-state index in [9.17, 15) is 0 Å². The molecule has 1 aliphatic rings. The van der Waals surface area contributed by atoms with Crippen molar-refractivity contribution in [1.82, 2.24) is 10.2 Å². The van der Waals surface area contributed by atoms with Crippen molar-refractivity contribution in [2.75, 3.05) is 32.7 Å². The van der Waals surface area contributed by atoms with Gasteiger partial charge in [0.1, 0.15) is 5.76 Å². The van der Waals surface area contributed by atoms with Gasteiger partial charge in [-0.05, 0) is 51.0 Å². The summed E-state index contributed by atoms with van der Waals surface area (Å²) in [5.41, 5.74) is 0. The molecule has 1 N–H and O–H groups in total. The van der Waals surface area contributed by atoms with Gasteiger partial charge >= 0.3 is 0 Å². The Hall–Kier alpha value is -0.800. The zero-order chi connectivity index (χ0) is 11.8. The van der Waals surface area contributed by atoms with Crippen LogP contribution < -0.4 is 5.32 Å². The van der Waals surface area contributed by atoms with Gasteiger partial charge in [0.05, 0.1) is 6.26 Å². The maximum Gasteiger partial charge on any atom is 0.103 e. The van der Waals surface area contributed by atoms with E-state index in [2.05, 4.69) is 10.2 Å². The fraction of sp³-hybridized carbons (Fsp3) is 0.714. The lowest BCUT2D eigenvalue weighted by Gasteiger charge is -2.26. The van der Waals surface area contributed by atoms with Crippen molar-refractivity contribution >= 4 is 0 Å². The molecule has 1 aromatic heterocycles. The van der Waals surface area contributed by atoms with Crippen LogP contribution in [-0.4, -0.2) is 37.6 Å². The van der Waals surface area contributed by atoms with Gasteiger partial charge in [-0.3, -0.25) is 0 Å². The summed E-state index contributed by atoms with van der Waals surface area (Å²) >= 11 is 0. The molecule has 0 radical (unpaired) electrons. The standard InChI is InChI=1S/C14H24N2O/c1-2-10-16(11-3-1)12-9-15-8-4-6-14-7-5-13-17-14/h5,7,13,15H,1-4,6,8-12H2. The van der Waals surface area contributed by atoms with Crippen LogP contribution in [0.1, 0.15) is 31.4 Å². The van der Waals surface area contributed by atoms with E-state index in [4.69, 9.17) is 4.42 Å². The van der Waals surface area contributed by atoms with Crippen molar-refractivity contribution < 1.29 is 4.42 Å². The first kappa shape index (κ1) is 12.7. The van der Waals surface area contributed by atoms with Crippen LogP contribution in [0.25, 0.3) is 0 Å². The van der Waals surface area contributed by atoms with E-state index in [1.807, 2.05) is 12.1 Å². The average molecular weight is 236 g/mol. The van der Waals surface area contributed by atoms with Crippen molar-refractivity contribution in [2.45, 2.75) is 32.1 Å². The predicted molar refractivity (Wildman–Crippen MR) is 70.2 cm³/mol. The summed E-state index contributed by atoms with van der Waals surface area (Å²) in [6.45, 7) is 6.02. The van der Waals surface area contributed by atoms with Crippen LogP contribution >= 0.6 is 0 Å². The van der Waals surface area contributed by atoms with Crippen LogP contribution in [0.4, 0.5) is 0 Å². The zero-order valence-electron chi connectivity index (χ0n) is 10.7. The maximum absolute atomic E-state index is 5.30. The predicted octanol–water partition coefficient (Wildman–Crippen LogP) is 2.29. The molecule has 0 atom stereocenters. The Balaban J connectivity index is 1.43. The van der Waals surface area contributed by atoms with E-state index in [0.717, 1.165) is 31.7 Å². The fourth-order valence-corrected chi connectivity index (χ4v) is 2.39. The minimum Gasteiger partial charge on any atom is -0.469 e. The Morgan fingerprint density at radius 3 is 2.82 bits per heavy atom. The van der Waals surface area contributed by atoms with Crippen LogP contribution in [-0.2, 0) is 6.42 Å². The van der Waals surface area contributed by atoms with E-state index in [0.29, 0.717) is 0 Å². The molecule has 96 valence electrons. The minimum absolute atomic E-state index is 1.05. The molecule has 1 aliphatic heterocycles. The lowest BCUT2D eigenvalue weighted by Crippen LogP contribution is -2.36. The van der Waals surface area contributed by atoms with Crippen LogP contribution in [0.15, 0.2) is 22.8 Å². The third-order valence-electron chi connectivity index (χ3n) is 3.41. The second kappa shape index (κ2) is 7.51. The molecule has 17 heavy (non-hydrogen) atoms. The Morgan fingerprint density at radius 2 is 2.06 bits per heavy atom. The summed E-state index contributed by atoms with van der Waals surface area (Å²) in [6.07, 6.45) is 8.15. The highest BCUT2D eigenvalue weighted by Crippen LogP contribution is 2.07. The van der Waals surface area contributed by atoms with Gasteiger partial charge < -0.3 is 14.6 Å². The molecule has 0 unspecified atom stereocenters. The van der Waals surface area contributed by atoms with Crippen molar-refractivity contribution in [2.24, 2.45) is 0 Å². The fourth-order valence-electron chi connectivity index (χ4n) is 2.39. The number of piperidine rings is 1. The summed E-state index contributed by atoms with van der Waals surface area (Å²) in [4.78, 5) is 2.57. The Bertz CT molecular complexity index is 278. The molecule has 0 aliphatic carbocycles. The number of rotatable bonds is 7. The number of nitrogens with one attached hydrogen (secondary N) is 1. The Morgan fingerprint density at radius 1 is 1.18 bits per heavy atom. The highest BCUT2D eigenvalue weighted by molar-refractivity contribution is 4.97. The quantitative estimate of drug-likeness (QED) is 0.736. The van der Waals surface area contributed by atoms with E-state index >= 15 is 0 Å². The van der Waals surface area contributed by atoms with Crippen molar-refractivity contribution in [3.05, 3.63) is 24.2 Å². The summed E-state index contributed by atoms with van der Waals surface area (Å²) in [5.74, 6) is 1.10. The first-order valence-electron chi connectivity index (χ1n) is 6.90. The second-order valence-electron chi connectivity index (χ2n) is 4.84. The van der Waals surface area contributed by atoms with E-state index in [-0.39, 0.29) is 0 Å². The van der Waals surface area contributed by atoms with Gasteiger partial charge in [0.25, 0.3) is 0 Å². The van der Waals surface area contributed by atoms with Crippen LogP contribution in [0.2, 0.25) is 0 Å². The van der Waals surface area contributed by atoms with Gasteiger partial charge in [-0.15, -0.1) is 0 Å². The molecule has 1 aromatic rings. The molecule has 1 fully saturated rings. The number of hydrogen-bond donors (Lipinski definition) is 1. The molecule has 3 heteroatoms. The Kier molecular flexibility index (Phi) is 5.59. The van der Waals surface area contributed by atoms with Crippen molar-refractivity contribution in [3.63, 3.8) is 0 Å². The monoisotopic (exact) mass is 236 g/mol. The number of aryl methyl sites for hydroxylation is 1. The van der Waals surface area contributed by atoms with Crippen LogP contribution in [0.5, 0.6) is 0 Å². The SMILES string of the molecule is c1coc(CCCNCCN2CCCCC2)c1.